The molecule has 1 aliphatic heterocycles. The molecular formula is C27H30ClN7O5. The van der Waals surface area contributed by atoms with E-state index in [4.69, 9.17) is 16.3 Å². The minimum atomic E-state index is -0.387. The minimum absolute atomic E-state index is 0.0343. The normalized spacial score (nSPS) is 15.6. The molecule has 3 heterocycles. The SMILES string of the molecule is CC(=O)c1nn(CC(=O)N(CC(=O)Nc2cccc(Cl)n2)C2CC2)c2ccc(NC(=O)CN3CCOCC3)cc12. The Morgan fingerprint density at radius 3 is 2.52 bits per heavy atom. The van der Waals surface area contributed by atoms with Crippen molar-refractivity contribution < 1.29 is 23.9 Å². The molecule has 40 heavy (non-hydrogen) atoms. The maximum Gasteiger partial charge on any atom is 0.245 e. The molecule has 1 aromatic carbocycles. The summed E-state index contributed by atoms with van der Waals surface area (Å²) in [7, 11) is 0. The highest BCUT2D eigenvalue weighted by atomic mass is 35.5. The molecule has 0 bridgehead atoms. The molecule has 210 valence electrons. The molecule has 2 fully saturated rings. The summed E-state index contributed by atoms with van der Waals surface area (Å²) in [6.07, 6.45) is 1.61. The number of carbonyl (C=O) groups excluding carboxylic acids is 4. The molecular weight excluding hydrogens is 538 g/mol. The first-order chi connectivity index (χ1) is 19.3. The number of rotatable bonds is 10. The van der Waals surface area contributed by atoms with Gasteiger partial charge in [0, 0.05) is 37.1 Å². The van der Waals surface area contributed by atoms with Crippen LogP contribution < -0.4 is 10.6 Å². The lowest BCUT2D eigenvalue weighted by molar-refractivity contribution is -0.135. The average Bonchev–Trinajstić information content (AvgIpc) is 3.69. The molecule has 0 radical (unpaired) electrons. The summed E-state index contributed by atoms with van der Waals surface area (Å²) in [4.78, 5) is 58.6. The van der Waals surface area contributed by atoms with Gasteiger partial charge in [-0.15, -0.1) is 0 Å². The Hall–Kier alpha value is -3.87. The first kappa shape index (κ1) is 27.7. The van der Waals surface area contributed by atoms with Crippen molar-refractivity contribution in [3.05, 3.63) is 47.2 Å². The number of benzene rings is 1. The number of amides is 3. The number of nitrogens with one attached hydrogen (secondary N) is 2. The number of anilines is 2. The van der Waals surface area contributed by atoms with E-state index < -0.39 is 0 Å². The molecule has 3 amide bonds. The van der Waals surface area contributed by atoms with Crippen LogP contribution in [0, 0.1) is 0 Å². The number of ether oxygens (including phenoxy) is 1. The summed E-state index contributed by atoms with van der Waals surface area (Å²) in [5.41, 5.74) is 1.31. The second-order valence-electron chi connectivity index (χ2n) is 9.88. The van der Waals surface area contributed by atoms with Crippen molar-refractivity contribution in [2.75, 3.05) is 50.0 Å². The average molecular weight is 568 g/mol. The number of nitrogens with zero attached hydrogens (tertiary/aromatic N) is 5. The van der Waals surface area contributed by atoms with Crippen molar-refractivity contribution in [3.8, 4) is 0 Å². The number of morpholine rings is 1. The predicted octanol–water partition coefficient (Wildman–Crippen LogP) is 2.19. The van der Waals surface area contributed by atoms with Crippen LogP contribution >= 0.6 is 11.6 Å². The number of Topliss-reactive ketones (excluding diaryl/α,β-unsaturated/α-hetero) is 1. The second-order valence-corrected chi connectivity index (χ2v) is 10.3. The van der Waals surface area contributed by atoms with Crippen molar-refractivity contribution in [2.45, 2.75) is 32.4 Å². The molecule has 0 atom stereocenters. The topological polar surface area (TPSA) is 139 Å². The predicted molar refractivity (Wildman–Crippen MR) is 148 cm³/mol. The fourth-order valence-electron chi connectivity index (χ4n) is 4.64. The van der Waals surface area contributed by atoms with Gasteiger partial charge in [-0.05, 0) is 43.2 Å². The van der Waals surface area contributed by atoms with E-state index in [-0.39, 0.29) is 60.0 Å². The smallest absolute Gasteiger partial charge is 0.245 e. The molecule has 5 rings (SSSR count). The number of carbonyl (C=O) groups is 4. The van der Waals surface area contributed by atoms with Crippen molar-refractivity contribution in [3.63, 3.8) is 0 Å². The Morgan fingerprint density at radius 1 is 1.05 bits per heavy atom. The van der Waals surface area contributed by atoms with Gasteiger partial charge in [0.1, 0.15) is 29.8 Å². The third-order valence-electron chi connectivity index (χ3n) is 6.73. The Morgan fingerprint density at radius 2 is 1.82 bits per heavy atom. The van der Waals surface area contributed by atoms with Gasteiger partial charge in [0.25, 0.3) is 0 Å². The van der Waals surface area contributed by atoms with Crippen LogP contribution in [0.4, 0.5) is 11.5 Å². The third kappa shape index (κ3) is 6.82. The quantitative estimate of drug-likeness (QED) is 0.281. The van der Waals surface area contributed by atoms with Crippen molar-refractivity contribution in [1.82, 2.24) is 24.6 Å². The number of aromatic nitrogens is 3. The van der Waals surface area contributed by atoms with Crippen LogP contribution in [-0.2, 0) is 25.7 Å². The van der Waals surface area contributed by atoms with Crippen LogP contribution in [0.2, 0.25) is 5.15 Å². The maximum atomic E-state index is 13.4. The summed E-state index contributed by atoms with van der Waals surface area (Å²) in [6, 6.07) is 10.00. The first-order valence-electron chi connectivity index (χ1n) is 13.1. The van der Waals surface area contributed by atoms with E-state index in [0.717, 1.165) is 12.8 Å². The molecule has 2 aromatic heterocycles. The lowest BCUT2D eigenvalue weighted by atomic mass is 10.1. The van der Waals surface area contributed by atoms with Crippen molar-refractivity contribution in [1.29, 1.82) is 0 Å². The van der Waals surface area contributed by atoms with Gasteiger partial charge >= 0.3 is 0 Å². The lowest BCUT2D eigenvalue weighted by Gasteiger charge is -2.25. The fourth-order valence-corrected chi connectivity index (χ4v) is 4.81. The number of halogens is 1. The summed E-state index contributed by atoms with van der Waals surface area (Å²) >= 11 is 5.89. The van der Waals surface area contributed by atoms with Gasteiger partial charge in [0.2, 0.25) is 17.7 Å². The zero-order valence-corrected chi connectivity index (χ0v) is 22.8. The van der Waals surface area contributed by atoms with Gasteiger partial charge in [0.15, 0.2) is 5.78 Å². The first-order valence-corrected chi connectivity index (χ1v) is 13.5. The van der Waals surface area contributed by atoms with Gasteiger partial charge < -0.3 is 20.3 Å². The van der Waals surface area contributed by atoms with Crippen LogP contribution in [0.1, 0.15) is 30.3 Å². The van der Waals surface area contributed by atoms with E-state index in [0.29, 0.717) is 48.7 Å². The Labute approximate surface area is 235 Å². The zero-order valence-electron chi connectivity index (χ0n) is 22.1. The molecule has 13 heteroatoms. The van der Waals surface area contributed by atoms with Crippen LogP contribution in [0.15, 0.2) is 36.4 Å². The summed E-state index contributed by atoms with van der Waals surface area (Å²) in [5, 5.41) is 10.8. The Kier molecular flexibility index (Phi) is 8.38. The van der Waals surface area contributed by atoms with Crippen LogP contribution in [0.25, 0.3) is 10.9 Å². The summed E-state index contributed by atoms with van der Waals surface area (Å²) in [5.74, 6) is -0.806. The molecule has 0 spiro atoms. The molecule has 0 unspecified atom stereocenters. The molecule has 2 aliphatic rings. The monoisotopic (exact) mass is 567 g/mol. The largest absolute Gasteiger partial charge is 0.379 e. The van der Waals surface area contributed by atoms with E-state index in [9.17, 15) is 19.2 Å². The van der Waals surface area contributed by atoms with Crippen LogP contribution in [0.5, 0.6) is 0 Å². The van der Waals surface area contributed by atoms with Gasteiger partial charge in [-0.3, -0.25) is 28.8 Å². The summed E-state index contributed by atoms with van der Waals surface area (Å²) in [6.45, 7) is 3.94. The van der Waals surface area contributed by atoms with Crippen molar-refractivity contribution in [2.24, 2.45) is 0 Å². The van der Waals surface area contributed by atoms with E-state index in [2.05, 4.69) is 20.7 Å². The van der Waals surface area contributed by atoms with Crippen LogP contribution in [0.3, 0.4) is 0 Å². The number of hydrogen-bond donors (Lipinski definition) is 2. The second kappa shape index (κ2) is 12.1. The highest BCUT2D eigenvalue weighted by molar-refractivity contribution is 6.29. The van der Waals surface area contributed by atoms with E-state index in [1.54, 1.807) is 36.4 Å². The number of pyridine rings is 1. The molecule has 1 aliphatic carbocycles. The molecule has 2 N–H and O–H groups in total. The highest BCUT2D eigenvalue weighted by Crippen LogP contribution is 2.28. The van der Waals surface area contributed by atoms with Crippen LogP contribution in [-0.4, -0.2) is 93.5 Å². The number of hydrogen-bond acceptors (Lipinski definition) is 8. The number of fused-ring (bicyclic) bond motifs is 1. The van der Waals surface area contributed by atoms with E-state index in [1.165, 1.54) is 16.5 Å². The number of ketones is 1. The van der Waals surface area contributed by atoms with Gasteiger partial charge in [-0.25, -0.2) is 4.98 Å². The molecule has 12 nitrogen and oxygen atoms in total. The highest BCUT2D eigenvalue weighted by Gasteiger charge is 2.34. The van der Waals surface area contributed by atoms with Crippen molar-refractivity contribution >= 4 is 57.5 Å². The molecule has 1 saturated heterocycles. The third-order valence-corrected chi connectivity index (χ3v) is 6.94. The van der Waals surface area contributed by atoms with Gasteiger partial charge in [0.05, 0.1) is 25.3 Å². The van der Waals surface area contributed by atoms with E-state index in [1.807, 2.05) is 4.90 Å². The lowest BCUT2D eigenvalue weighted by Crippen LogP contribution is -2.41. The molecule has 3 aromatic rings. The van der Waals surface area contributed by atoms with E-state index >= 15 is 0 Å². The maximum absolute atomic E-state index is 13.4. The summed E-state index contributed by atoms with van der Waals surface area (Å²) < 4.78 is 6.79. The zero-order chi connectivity index (χ0) is 28.2. The standard InChI is InChI=1S/C27H30ClN7O5/c1-17(36)27-20-13-18(29-24(37)14-33-9-11-40-12-10-33)5-8-21(20)35(32-27)16-26(39)34(19-6-7-19)15-25(38)31-23-4-2-3-22(28)30-23/h2-5,8,13,19H,6-7,9-12,14-16H2,1H3,(H,29,37)(H,30,31,38). The Balaban J connectivity index is 1.29. The Bertz CT molecular complexity index is 1450. The van der Waals surface area contributed by atoms with Gasteiger partial charge in [-0.1, -0.05) is 17.7 Å². The van der Waals surface area contributed by atoms with Gasteiger partial charge in [-0.2, -0.15) is 5.10 Å². The molecule has 1 saturated carbocycles. The fraction of sp³-hybridized carbons (Fsp3) is 0.407. The minimum Gasteiger partial charge on any atom is -0.379 e.